The van der Waals surface area contributed by atoms with Gasteiger partial charge in [0, 0.05) is 6.61 Å². The van der Waals surface area contributed by atoms with Crippen molar-refractivity contribution in [2.45, 2.75) is 23.8 Å². The highest BCUT2D eigenvalue weighted by molar-refractivity contribution is 7.91. The van der Waals surface area contributed by atoms with Crippen molar-refractivity contribution in [3.05, 3.63) is 24.3 Å². The molecule has 0 bridgehead atoms. The number of hydrogen-bond acceptors (Lipinski definition) is 5. The molecule has 1 unspecified atom stereocenters. The molecule has 1 aromatic carbocycles. The maximum atomic E-state index is 12.2. The zero-order valence-electron chi connectivity index (χ0n) is 11.3. The number of benzene rings is 1. The highest BCUT2D eigenvalue weighted by Gasteiger charge is 2.38. The van der Waals surface area contributed by atoms with Gasteiger partial charge in [-0.05, 0) is 18.6 Å². The van der Waals surface area contributed by atoms with Gasteiger partial charge in [-0.15, -0.1) is 0 Å². The van der Waals surface area contributed by atoms with Gasteiger partial charge in [0.05, 0.1) is 22.9 Å². The molecule has 20 heavy (non-hydrogen) atoms. The van der Waals surface area contributed by atoms with Crippen LogP contribution >= 0.6 is 0 Å². The first-order valence-electron chi connectivity index (χ1n) is 6.39. The highest BCUT2D eigenvalue weighted by atomic mass is 32.2. The lowest BCUT2D eigenvalue weighted by atomic mass is 9.99. The van der Waals surface area contributed by atoms with Crippen molar-refractivity contribution < 1.29 is 17.9 Å². The summed E-state index contributed by atoms with van der Waals surface area (Å²) in [7, 11) is -3.40. The molecule has 1 fully saturated rings. The number of nitrogens with one attached hydrogen (secondary N) is 1. The molecule has 1 aromatic rings. The van der Waals surface area contributed by atoms with Crippen LogP contribution in [0.3, 0.4) is 0 Å². The summed E-state index contributed by atoms with van der Waals surface area (Å²) < 4.78 is 29.1. The summed E-state index contributed by atoms with van der Waals surface area (Å²) in [6, 6.07) is 6.32. The van der Waals surface area contributed by atoms with Crippen molar-refractivity contribution >= 4 is 21.4 Å². The van der Waals surface area contributed by atoms with Crippen molar-refractivity contribution in [1.29, 1.82) is 0 Å². The van der Waals surface area contributed by atoms with E-state index in [0.29, 0.717) is 13.0 Å². The van der Waals surface area contributed by atoms with E-state index in [0.717, 1.165) is 0 Å². The van der Waals surface area contributed by atoms with Gasteiger partial charge < -0.3 is 15.8 Å². The van der Waals surface area contributed by atoms with Crippen molar-refractivity contribution in [2.75, 3.05) is 24.3 Å². The van der Waals surface area contributed by atoms with Gasteiger partial charge in [0.25, 0.3) is 0 Å². The van der Waals surface area contributed by atoms with Crippen LogP contribution in [0, 0.1) is 0 Å². The fourth-order valence-electron chi connectivity index (χ4n) is 2.00. The Labute approximate surface area is 118 Å². The van der Waals surface area contributed by atoms with Crippen LogP contribution < -0.4 is 11.1 Å². The molecule has 1 amide bonds. The zero-order chi connectivity index (χ0) is 14.8. The minimum Gasteiger partial charge on any atom is -0.379 e. The monoisotopic (exact) mass is 298 g/mol. The van der Waals surface area contributed by atoms with Crippen LogP contribution in [0.5, 0.6) is 0 Å². The fraction of sp³-hybridized carbons (Fsp3) is 0.462. The van der Waals surface area contributed by atoms with Gasteiger partial charge in [0.1, 0.15) is 5.54 Å². The van der Waals surface area contributed by atoms with E-state index in [-0.39, 0.29) is 22.9 Å². The Kier molecular flexibility index (Phi) is 4.12. The third kappa shape index (κ3) is 2.84. The van der Waals surface area contributed by atoms with E-state index in [1.54, 1.807) is 25.1 Å². The second kappa shape index (κ2) is 5.51. The van der Waals surface area contributed by atoms with Crippen molar-refractivity contribution in [2.24, 2.45) is 5.73 Å². The number of sulfone groups is 1. The molecule has 2 rings (SSSR count). The summed E-state index contributed by atoms with van der Waals surface area (Å²) >= 11 is 0. The quantitative estimate of drug-likeness (QED) is 0.845. The molecule has 0 radical (unpaired) electrons. The third-order valence-corrected chi connectivity index (χ3v) is 5.14. The van der Waals surface area contributed by atoms with E-state index in [2.05, 4.69) is 5.32 Å². The average molecular weight is 298 g/mol. The lowest BCUT2D eigenvalue weighted by Crippen LogP contribution is -2.51. The molecule has 0 spiro atoms. The van der Waals surface area contributed by atoms with Gasteiger partial charge in [0.15, 0.2) is 9.84 Å². The largest absolute Gasteiger partial charge is 0.379 e. The minimum absolute atomic E-state index is 0.0310. The van der Waals surface area contributed by atoms with E-state index in [1.165, 1.54) is 6.07 Å². The molecule has 0 aromatic heterocycles. The Morgan fingerprint density at radius 3 is 2.75 bits per heavy atom. The molecule has 7 heteroatoms. The summed E-state index contributed by atoms with van der Waals surface area (Å²) in [5.41, 5.74) is 5.12. The second-order valence-electron chi connectivity index (χ2n) is 4.81. The minimum atomic E-state index is -3.40. The zero-order valence-corrected chi connectivity index (χ0v) is 12.1. The molecule has 1 atom stereocenters. The lowest BCUT2D eigenvalue weighted by molar-refractivity contribution is -0.121. The van der Waals surface area contributed by atoms with Crippen molar-refractivity contribution in [3.63, 3.8) is 0 Å². The number of para-hydroxylation sites is 1. The summed E-state index contributed by atoms with van der Waals surface area (Å²) in [5, 5.41) is 2.61. The molecular formula is C13H18N2O4S. The number of carbonyl (C=O) groups is 1. The Balaban J connectivity index is 2.29. The highest BCUT2D eigenvalue weighted by Crippen LogP contribution is 2.24. The molecule has 0 saturated carbocycles. The second-order valence-corrected chi connectivity index (χ2v) is 7.06. The van der Waals surface area contributed by atoms with E-state index in [9.17, 15) is 13.2 Å². The number of anilines is 1. The van der Waals surface area contributed by atoms with Gasteiger partial charge in [0.2, 0.25) is 5.91 Å². The van der Waals surface area contributed by atoms with E-state index < -0.39 is 21.3 Å². The first-order chi connectivity index (χ1) is 9.39. The van der Waals surface area contributed by atoms with Crippen LogP contribution in [0.2, 0.25) is 0 Å². The summed E-state index contributed by atoms with van der Waals surface area (Å²) in [5.74, 6) is -0.453. The summed E-state index contributed by atoms with van der Waals surface area (Å²) in [6.45, 7) is 2.13. The Hall–Kier alpha value is -1.44. The van der Waals surface area contributed by atoms with Gasteiger partial charge in [-0.2, -0.15) is 0 Å². The summed E-state index contributed by atoms with van der Waals surface area (Å²) in [6.07, 6.45) is 0.418. The Morgan fingerprint density at radius 2 is 2.15 bits per heavy atom. The van der Waals surface area contributed by atoms with Crippen molar-refractivity contribution in [1.82, 2.24) is 0 Å². The average Bonchev–Trinajstić information content (AvgIpc) is 2.87. The molecule has 1 aliphatic heterocycles. The van der Waals surface area contributed by atoms with Crippen LogP contribution in [0.4, 0.5) is 5.69 Å². The normalized spacial score (nSPS) is 22.7. The third-order valence-electron chi connectivity index (χ3n) is 3.35. The maximum absolute atomic E-state index is 12.2. The number of rotatable bonds is 4. The van der Waals surface area contributed by atoms with Crippen LogP contribution in [0.15, 0.2) is 29.2 Å². The number of amides is 1. The number of nitrogens with two attached hydrogens (primary N) is 1. The molecule has 110 valence electrons. The molecule has 6 nitrogen and oxygen atoms in total. The standard InChI is InChI=1S/C13H18N2O4S/c1-2-20(17,18)11-6-4-3-5-10(11)15-12(16)13(14)7-8-19-9-13/h3-6H,2,7-9,14H2,1H3,(H,15,16). The van der Waals surface area contributed by atoms with E-state index in [4.69, 9.17) is 10.5 Å². The number of hydrogen-bond donors (Lipinski definition) is 2. The fourth-order valence-corrected chi connectivity index (χ4v) is 3.05. The number of carbonyl (C=O) groups excluding carboxylic acids is 1. The smallest absolute Gasteiger partial charge is 0.246 e. The van der Waals surface area contributed by atoms with Crippen LogP contribution in [-0.4, -0.2) is 38.8 Å². The van der Waals surface area contributed by atoms with E-state index in [1.807, 2.05) is 0 Å². The maximum Gasteiger partial charge on any atom is 0.246 e. The van der Waals surface area contributed by atoms with Crippen LogP contribution in [0.25, 0.3) is 0 Å². The Morgan fingerprint density at radius 1 is 1.45 bits per heavy atom. The van der Waals surface area contributed by atoms with Gasteiger partial charge in [-0.1, -0.05) is 19.1 Å². The molecule has 1 aliphatic rings. The van der Waals surface area contributed by atoms with Crippen LogP contribution in [0.1, 0.15) is 13.3 Å². The van der Waals surface area contributed by atoms with Crippen molar-refractivity contribution in [3.8, 4) is 0 Å². The van der Waals surface area contributed by atoms with Crippen LogP contribution in [-0.2, 0) is 19.4 Å². The predicted octanol–water partition coefficient (Wildman–Crippen LogP) is 0.537. The molecule has 1 saturated heterocycles. The molecule has 0 aliphatic carbocycles. The molecule has 1 heterocycles. The molecule has 3 N–H and O–H groups in total. The number of ether oxygens (including phenoxy) is 1. The van der Waals surface area contributed by atoms with E-state index >= 15 is 0 Å². The summed E-state index contributed by atoms with van der Waals surface area (Å²) in [4.78, 5) is 12.3. The predicted molar refractivity (Wildman–Crippen MR) is 75.2 cm³/mol. The Bertz CT molecular complexity index is 607. The lowest BCUT2D eigenvalue weighted by Gasteiger charge is -2.21. The van der Waals surface area contributed by atoms with Gasteiger partial charge in [-0.25, -0.2) is 8.42 Å². The SMILES string of the molecule is CCS(=O)(=O)c1ccccc1NC(=O)C1(N)CCOC1. The first-order valence-corrected chi connectivity index (χ1v) is 8.04. The van der Waals surface area contributed by atoms with Gasteiger partial charge in [-0.3, -0.25) is 4.79 Å². The first kappa shape index (κ1) is 15.0. The molecular weight excluding hydrogens is 280 g/mol. The van der Waals surface area contributed by atoms with Gasteiger partial charge >= 0.3 is 0 Å². The topological polar surface area (TPSA) is 98.5 Å².